The molecule has 2 atom stereocenters. The van der Waals surface area contributed by atoms with Crippen LogP contribution >= 0.6 is 0 Å². The van der Waals surface area contributed by atoms with Crippen molar-refractivity contribution in [2.75, 3.05) is 11.9 Å². The Morgan fingerprint density at radius 1 is 1.26 bits per heavy atom. The molecule has 1 amide bonds. The van der Waals surface area contributed by atoms with E-state index < -0.39 is 0 Å². The van der Waals surface area contributed by atoms with Gasteiger partial charge in [0.15, 0.2) is 0 Å². The van der Waals surface area contributed by atoms with Crippen LogP contribution in [0.1, 0.15) is 36.0 Å². The van der Waals surface area contributed by atoms with E-state index >= 15 is 0 Å². The minimum Gasteiger partial charge on any atom is -0.371 e. The van der Waals surface area contributed by atoms with E-state index in [9.17, 15) is 4.79 Å². The van der Waals surface area contributed by atoms with Gasteiger partial charge in [-0.1, -0.05) is 12.1 Å². The van der Waals surface area contributed by atoms with Crippen molar-refractivity contribution in [3.63, 3.8) is 0 Å². The summed E-state index contributed by atoms with van der Waals surface area (Å²) in [5, 5.41) is 3.65. The third-order valence-corrected chi connectivity index (χ3v) is 4.55. The van der Waals surface area contributed by atoms with Gasteiger partial charge in [-0.15, -0.1) is 0 Å². The molecule has 1 aromatic carbocycles. The number of primary amides is 1. The van der Waals surface area contributed by atoms with Crippen LogP contribution in [0.25, 0.3) is 0 Å². The average molecular weight is 259 g/mol. The van der Waals surface area contributed by atoms with Crippen molar-refractivity contribution in [3.8, 4) is 0 Å². The van der Waals surface area contributed by atoms with Crippen LogP contribution in [0.15, 0.2) is 24.3 Å². The molecular formula is C15H21N3O. The minimum absolute atomic E-state index is 0.348. The molecule has 0 aliphatic carbocycles. The Labute approximate surface area is 114 Å². The van der Waals surface area contributed by atoms with Gasteiger partial charge >= 0.3 is 0 Å². The maximum atomic E-state index is 11.5. The quantitative estimate of drug-likeness (QED) is 0.865. The normalized spacial score (nSPS) is 29.2. The minimum atomic E-state index is -0.348. The Balaban J connectivity index is 1.84. The van der Waals surface area contributed by atoms with Crippen LogP contribution in [0.4, 0.5) is 5.69 Å². The topological polar surface area (TPSA) is 58.4 Å². The summed E-state index contributed by atoms with van der Waals surface area (Å²) in [6.45, 7) is 0. The van der Waals surface area contributed by atoms with Crippen molar-refractivity contribution >= 4 is 11.6 Å². The third kappa shape index (κ3) is 2.32. The predicted octanol–water partition coefficient (Wildman–Crippen LogP) is 1.50. The Bertz CT molecular complexity index is 476. The monoisotopic (exact) mass is 259 g/mol. The first-order chi connectivity index (χ1) is 9.15. The Hall–Kier alpha value is -1.55. The van der Waals surface area contributed by atoms with Crippen molar-refractivity contribution in [2.24, 2.45) is 5.73 Å². The average Bonchev–Trinajstić information content (AvgIpc) is 2.76. The molecule has 2 heterocycles. The van der Waals surface area contributed by atoms with E-state index in [2.05, 4.69) is 17.3 Å². The van der Waals surface area contributed by atoms with Gasteiger partial charge in [0.2, 0.25) is 0 Å². The molecule has 2 saturated heterocycles. The first-order valence-corrected chi connectivity index (χ1v) is 7.03. The highest BCUT2D eigenvalue weighted by atomic mass is 16.1. The van der Waals surface area contributed by atoms with Crippen molar-refractivity contribution in [1.82, 2.24) is 5.32 Å². The molecule has 0 radical (unpaired) electrons. The maximum Gasteiger partial charge on any atom is 0.250 e. The molecular weight excluding hydrogens is 238 g/mol. The van der Waals surface area contributed by atoms with Crippen molar-refractivity contribution < 1.29 is 4.79 Å². The fourth-order valence-corrected chi connectivity index (χ4v) is 3.53. The lowest BCUT2D eigenvalue weighted by molar-refractivity contribution is 0.100. The highest BCUT2D eigenvalue weighted by Crippen LogP contribution is 2.32. The zero-order valence-electron chi connectivity index (χ0n) is 11.3. The van der Waals surface area contributed by atoms with Crippen LogP contribution in [0.2, 0.25) is 0 Å². The van der Waals surface area contributed by atoms with Gasteiger partial charge in [0.1, 0.15) is 0 Å². The smallest absolute Gasteiger partial charge is 0.250 e. The van der Waals surface area contributed by atoms with Crippen LogP contribution < -0.4 is 16.0 Å². The van der Waals surface area contributed by atoms with Gasteiger partial charge in [0, 0.05) is 30.9 Å². The molecule has 102 valence electrons. The first-order valence-electron chi connectivity index (χ1n) is 7.03. The lowest BCUT2D eigenvalue weighted by Gasteiger charge is -2.37. The third-order valence-electron chi connectivity index (χ3n) is 4.55. The summed E-state index contributed by atoms with van der Waals surface area (Å²) in [5.74, 6) is -0.348. The molecule has 2 bridgehead atoms. The molecule has 3 N–H and O–H groups in total. The van der Waals surface area contributed by atoms with E-state index in [1.165, 1.54) is 12.8 Å². The molecule has 0 aromatic heterocycles. The number of piperidine rings is 1. The summed E-state index contributed by atoms with van der Waals surface area (Å²) in [6.07, 6.45) is 4.87. The molecule has 1 aromatic rings. The van der Waals surface area contributed by atoms with Crippen molar-refractivity contribution in [1.29, 1.82) is 0 Å². The van der Waals surface area contributed by atoms with Crippen LogP contribution in [0, 0.1) is 0 Å². The maximum absolute atomic E-state index is 11.5. The van der Waals surface area contributed by atoms with Gasteiger partial charge in [0.25, 0.3) is 5.91 Å². The molecule has 19 heavy (non-hydrogen) atoms. The number of fused-ring (bicyclic) bond motifs is 2. The number of hydrogen-bond acceptors (Lipinski definition) is 3. The fourth-order valence-electron chi connectivity index (χ4n) is 3.53. The number of hydrogen-bond donors (Lipinski definition) is 2. The van der Waals surface area contributed by atoms with Gasteiger partial charge in [-0.2, -0.15) is 0 Å². The Morgan fingerprint density at radius 2 is 1.89 bits per heavy atom. The summed E-state index contributed by atoms with van der Waals surface area (Å²) >= 11 is 0. The second-order valence-electron chi connectivity index (χ2n) is 5.76. The van der Waals surface area contributed by atoms with Crippen molar-refractivity contribution in [2.45, 2.75) is 43.8 Å². The molecule has 4 nitrogen and oxygen atoms in total. The van der Waals surface area contributed by atoms with E-state index in [1.807, 2.05) is 24.3 Å². The zero-order chi connectivity index (χ0) is 13.4. The van der Waals surface area contributed by atoms with E-state index in [1.54, 1.807) is 0 Å². The highest BCUT2D eigenvalue weighted by Gasteiger charge is 2.35. The lowest BCUT2D eigenvalue weighted by Crippen LogP contribution is -2.47. The number of nitrogens with zero attached hydrogens (tertiary/aromatic N) is 1. The predicted molar refractivity (Wildman–Crippen MR) is 76.3 cm³/mol. The van der Waals surface area contributed by atoms with Gasteiger partial charge in [-0.25, -0.2) is 0 Å². The van der Waals surface area contributed by atoms with Gasteiger partial charge in [-0.05, 0) is 37.8 Å². The van der Waals surface area contributed by atoms with Crippen LogP contribution in [-0.2, 0) is 0 Å². The van der Waals surface area contributed by atoms with Crippen LogP contribution in [0.3, 0.4) is 0 Å². The summed E-state index contributed by atoms with van der Waals surface area (Å²) in [4.78, 5) is 13.8. The number of para-hydroxylation sites is 1. The summed E-state index contributed by atoms with van der Waals surface area (Å²) in [5.41, 5.74) is 7.05. The van der Waals surface area contributed by atoms with Gasteiger partial charge in [0.05, 0.1) is 5.56 Å². The molecule has 0 spiro atoms. The number of nitrogens with two attached hydrogens (primary N) is 1. The van der Waals surface area contributed by atoms with E-state index in [4.69, 9.17) is 5.73 Å². The number of nitrogens with one attached hydrogen (secondary N) is 1. The number of rotatable bonds is 3. The van der Waals surface area contributed by atoms with Gasteiger partial charge < -0.3 is 16.0 Å². The second kappa shape index (κ2) is 4.85. The standard InChI is InChI=1S/C15H21N3O/c1-18(12-8-10-6-7-11(9-12)17-10)14-5-3-2-4-13(14)15(16)19/h2-5,10-12,17H,6-9H2,1H3,(H2,16,19). The Kier molecular flexibility index (Phi) is 3.19. The summed E-state index contributed by atoms with van der Waals surface area (Å²) < 4.78 is 0. The first kappa shape index (κ1) is 12.5. The number of amides is 1. The zero-order valence-corrected chi connectivity index (χ0v) is 11.3. The van der Waals surface area contributed by atoms with Crippen molar-refractivity contribution in [3.05, 3.63) is 29.8 Å². The van der Waals surface area contributed by atoms with Gasteiger partial charge in [-0.3, -0.25) is 4.79 Å². The molecule has 3 rings (SSSR count). The highest BCUT2D eigenvalue weighted by molar-refractivity contribution is 5.98. The molecule has 2 aliphatic heterocycles. The molecule has 4 heteroatoms. The van der Waals surface area contributed by atoms with Crippen LogP contribution in [-0.4, -0.2) is 31.1 Å². The van der Waals surface area contributed by atoms with E-state index in [-0.39, 0.29) is 5.91 Å². The number of benzene rings is 1. The largest absolute Gasteiger partial charge is 0.371 e. The Morgan fingerprint density at radius 3 is 2.53 bits per heavy atom. The van der Waals surface area contributed by atoms with E-state index in [0.29, 0.717) is 23.7 Å². The fraction of sp³-hybridized carbons (Fsp3) is 0.533. The number of carbonyl (C=O) groups is 1. The summed E-state index contributed by atoms with van der Waals surface area (Å²) in [6, 6.07) is 9.42. The van der Waals surface area contributed by atoms with Crippen LogP contribution in [0.5, 0.6) is 0 Å². The second-order valence-corrected chi connectivity index (χ2v) is 5.76. The molecule has 2 fully saturated rings. The molecule has 2 unspecified atom stereocenters. The SMILES string of the molecule is CN(c1ccccc1C(N)=O)C1CC2CCC(C1)N2. The molecule has 0 saturated carbocycles. The lowest BCUT2D eigenvalue weighted by atomic mass is 9.97. The molecule has 2 aliphatic rings. The number of anilines is 1. The van der Waals surface area contributed by atoms with E-state index in [0.717, 1.165) is 18.5 Å². The number of carbonyl (C=O) groups excluding carboxylic acids is 1. The summed E-state index contributed by atoms with van der Waals surface area (Å²) in [7, 11) is 2.08.